The zero-order valence-corrected chi connectivity index (χ0v) is 11.1. The molecule has 1 aromatic rings. The van der Waals surface area contributed by atoms with E-state index in [1.54, 1.807) is 11.3 Å². The number of hydrogen-bond acceptors (Lipinski definition) is 5. The van der Waals surface area contributed by atoms with Crippen LogP contribution in [0.25, 0.3) is 0 Å². The van der Waals surface area contributed by atoms with Gasteiger partial charge in [-0.1, -0.05) is 32.1 Å². The van der Waals surface area contributed by atoms with E-state index < -0.39 is 0 Å². The van der Waals surface area contributed by atoms with Crippen molar-refractivity contribution in [2.75, 3.05) is 13.2 Å². The molecule has 92 valence electrons. The molecular formula is C11H21N3OS. The lowest BCUT2D eigenvalue weighted by atomic mass is 10.2. The molecule has 4 nitrogen and oxygen atoms in total. The summed E-state index contributed by atoms with van der Waals surface area (Å²) in [4.78, 5) is 0. The highest BCUT2D eigenvalue weighted by atomic mass is 32.1. The molecule has 0 bridgehead atoms. The van der Waals surface area contributed by atoms with Crippen LogP contribution in [0.3, 0.4) is 0 Å². The molecule has 1 unspecified atom stereocenters. The first-order valence-electron chi connectivity index (χ1n) is 5.95. The zero-order chi connectivity index (χ0) is 11.8. The molecule has 16 heavy (non-hydrogen) atoms. The molecule has 1 N–H and O–H groups in total. The van der Waals surface area contributed by atoms with Gasteiger partial charge in [0.05, 0.1) is 6.04 Å². The number of rotatable bonds is 8. The van der Waals surface area contributed by atoms with Crippen molar-refractivity contribution in [1.29, 1.82) is 0 Å². The van der Waals surface area contributed by atoms with Crippen molar-refractivity contribution >= 4 is 11.3 Å². The molecule has 1 rings (SSSR count). The van der Waals surface area contributed by atoms with Crippen molar-refractivity contribution < 1.29 is 4.74 Å². The van der Waals surface area contributed by atoms with Gasteiger partial charge in [0.1, 0.15) is 16.6 Å². The summed E-state index contributed by atoms with van der Waals surface area (Å²) >= 11 is 1.65. The summed E-state index contributed by atoms with van der Waals surface area (Å²) in [5.41, 5.74) is 0. The van der Waals surface area contributed by atoms with Crippen molar-refractivity contribution in [1.82, 2.24) is 15.5 Å². The maximum atomic E-state index is 5.44. The first-order valence-corrected chi connectivity index (χ1v) is 6.76. The number of ether oxygens (including phenoxy) is 1. The largest absolute Gasteiger partial charge is 0.374 e. The predicted molar refractivity (Wildman–Crippen MR) is 66.6 cm³/mol. The summed E-state index contributed by atoms with van der Waals surface area (Å²) in [5.74, 6) is 0. The highest BCUT2D eigenvalue weighted by Gasteiger charge is 2.13. The second-order valence-electron chi connectivity index (χ2n) is 3.61. The monoisotopic (exact) mass is 243 g/mol. The average molecular weight is 243 g/mol. The Morgan fingerprint density at radius 3 is 2.75 bits per heavy atom. The Morgan fingerprint density at radius 1 is 1.31 bits per heavy atom. The van der Waals surface area contributed by atoms with Gasteiger partial charge in [-0.15, -0.1) is 10.2 Å². The molecule has 0 fully saturated rings. The standard InChI is InChI=1S/C11H21N3OS/c1-4-7-15-8-10-13-14-11(16-10)9(5-2)12-6-3/h9,12H,4-8H2,1-3H3. The van der Waals surface area contributed by atoms with Gasteiger partial charge in [-0.25, -0.2) is 0 Å². The van der Waals surface area contributed by atoms with Gasteiger partial charge in [-0.3, -0.25) is 0 Å². The minimum atomic E-state index is 0.336. The highest BCUT2D eigenvalue weighted by molar-refractivity contribution is 7.11. The third-order valence-corrected chi connectivity index (χ3v) is 3.22. The summed E-state index contributed by atoms with van der Waals surface area (Å²) in [6.45, 7) is 8.70. The molecule has 1 aromatic heterocycles. The number of hydrogen-bond donors (Lipinski definition) is 1. The normalized spacial score (nSPS) is 12.9. The molecule has 5 heteroatoms. The minimum Gasteiger partial charge on any atom is -0.374 e. The van der Waals surface area contributed by atoms with Gasteiger partial charge >= 0.3 is 0 Å². The SMILES string of the molecule is CCCOCc1nnc(C(CC)NCC)s1. The molecule has 1 heterocycles. The topological polar surface area (TPSA) is 47.0 Å². The lowest BCUT2D eigenvalue weighted by molar-refractivity contribution is 0.121. The highest BCUT2D eigenvalue weighted by Crippen LogP contribution is 2.21. The van der Waals surface area contributed by atoms with E-state index in [4.69, 9.17) is 4.74 Å². The molecule has 0 aliphatic rings. The molecule has 0 radical (unpaired) electrons. The zero-order valence-electron chi connectivity index (χ0n) is 10.3. The molecule has 0 saturated carbocycles. The van der Waals surface area contributed by atoms with Crippen LogP contribution >= 0.6 is 11.3 Å². The third-order valence-electron chi connectivity index (χ3n) is 2.21. The number of nitrogens with one attached hydrogen (secondary N) is 1. The fraction of sp³-hybridized carbons (Fsp3) is 0.818. The molecule has 0 aromatic carbocycles. The summed E-state index contributed by atoms with van der Waals surface area (Å²) in [7, 11) is 0. The molecule has 0 aliphatic heterocycles. The van der Waals surface area contributed by atoms with Gasteiger partial charge < -0.3 is 10.1 Å². The van der Waals surface area contributed by atoms with E-state index in [0.29, 0.717) is 12.6 Å². The summed E-state index contributed by atoms with van der Waals surface area (Å²) < 4.78 is 5.44. The maximum absolute atomic E-state index is 5.44. The second kappa shape index (κ2) is 7.70. The Hall–Kier alpha value is -0.520. The van der Waals surface area contributed by atoms with Crippen LogP contribution in [0.4, 0.5) is 0 Å². The Kier molecular flexibility index (Phi) is 6.52. The summed E-state index contributed by atoms with van der Waals surface area (Å²) in [6.07, 6.45) is 2.08. The fourth-order valence-electron chi connectivity index (χ4n) is 1.42. The Bertz CT molecular complexity index is 291. The first-order chi connectivity index (χ1) is 7.81. The number of nitrogens with zero attached hydrogens (tertiary/aromatic N) is 2. The smallest absolute Gasteiger partial charge is 0.143 e. The van der Waals surface area contributed by atoms with Crippen molar-refractivity contribution in [3.63, 3.8) is 0 Å². The Balaban J connectivity index is 2.48. The minimum absolute atomic E-state index is 0.336. The second-order valence-corrected chi connectivity index (χ2v) is 4.70. The lowest BCUT2D eigenvalue weighted by Crippen LogP contribution is -2.19. The first kappa shape index (κ1) is 13.5. The third kappa shape index (κ3) is 4.15. The van der Waals surface area contributed by atoms with Gasteiger partial charge in [-0.05, 0) is 19.4 Å². The molecule has 0 aliphatic carbocycles. The Morgan fingerprint density at radius 2 is 2.12 bits per heavy atom. The van der Waals surface area contributed by atoms with Gasteiger partial charge in [0.2, 0.25) is 0 Å². The van der Waals surface area contributed by atoms with Crippen LogP contribution in [0.1, 0.15) is 49.7 Å². The number of aromatic nitrogens is 2. The van der Waals surface area contributed by atoms with Gasteiger partial charge in [0.25, 0.3) is 0 Å². The van der Waals surface area contributed by atoms with Crippen LogP contribution < -0.4 is 5.32 Å². The van der Waals surface area contributed by atoms with E-state index in [-0.39, 0.29) is 0 Å². The van der Waals surface area contributed by atoms with Crippen molar-refractivity contribution in [3.05, 3.63) is 10.0 Å². The van der Waals surface area contributed by atoms with Crippen molar-refractivity contribution in [3.8, 4) is 0 Å². The van der Waals surface area contributed by atoms with Gasteiger partial charge in [0.15, 0.2) is 0 Å². The molecular weight excluding hydrogens is 222 g/mol. The van der Waals surface area contributed by atoms with Crippen LogP contribution in [-0.4, -0.2) is 23.3 Å². The van der Waals surface area contributed by atoms with Crippen molar-refractivity contribution in [2.45, 2.75) is 46.3 Å². The van der Waals surface area contributed by atoms with E-state index in [9.17, 15) is 0 Å². The van der Waals surface area contributed by atoms with Crippen LogP contribution in [0.15, 0.2) is 0 Å². The van der Waals surface area contributed by atoms with Crippen LogP contribution in [0, 0.1) is 0 Å². The predicted octanol–water partition coefficient (Wildman–Crippen LogP) is 2.53. The summed E-state index contributed by atoms with van der Waals surface area (Å²) in [5, 5.41) is 13.8. The van der Waals surface area contributed by atoms with E-state index in [0.717, 1.165) is 36.0 Å². The Labute approximate surface area is 101 Å². The van der Waals surface area contributed by atoms with Crippen LogP contribution in [0.5, 0.6) is 0 Å². The van der Waals surface area contributed by atoms with E-state index in [1.807, 2.05) is 0 Å². The van der Waals surface area contributed by atoms with Crippen LogP contribution in [-0.2, 0) is 11.3 Å². The maximum Gasteiger partial charge on any atom is 0.143 e. The van der Waals surface area contributed by atoms with Crippen molar-refractivity contribution in [2.24, 2.45) is 0 Å². The molecule has 0 amide bonds. The van der Waals surface area contributed by atoms with E-state index in [1.165, 1.54) is 0 Å². The van der Waals surface area contributed by atoms with Gasteiger partial charge in [-0.2, -0.15) is 0 Å². The molecule has 0 saturated heterocycles. The van der Waals surface area contributed by atoms with E-state index >= 15 is 0 Å². The van der Waals surface area contributed by atoms with Crippen LogP contribution in [0.2, 0.25) is 0 Å². The molecule has 0 spiro atoms. The molecule has 1 atom stereocenters. The lowest BCUT2D eigenvalue weighted by Gasteiger charge is -2.10. The summed E-state index contributed by atoms with van der Waals surface area (Å²) in [6, 6.07) is 0.336. The average Bonchev–Trinajstić information content (AvgIpc) is 2.75. The quantitative estimate of drug-likeness (QED) is 0.713. The fourth-order valence-corrected chi connectivity index (χ4v) is 2.36. The van der Waals surface area contributed by atoms with Gasteiger partial charge in [0, 0.05) is 6.61 Å². The van der Waals surface area contributed by atoms with E-state index in [2.05, 4.69) is 36.3 Å².